The van der Waals surface area contributed by atoms with Gasteiger partial charge in [-0.3, -0.25) is 19.4 Å². The van der Waals surface area contributed by atoms with E-state index in [2.05, 4.69) is 22.0 Å². The topological polar surface area (TPSA) is 55.9 Å². The highest BCUT2D eigenvalue weighted by Crippen LogP contribution is 2.29. The summed E-state index contributed by atoms with van der Waals surface area (Å²) in [6.45, 7) is 7.74. The Hall–Kier alpha value is -2.51. The molecule has 6 nitrogen and oxygen atoms in total. The number of thiocarbonyl (C=S) groups is 1. The van der Waals surface area contributed by atoms with Gasteiger partial charge < -0.3 is 10.2 Å². The Morgan fingerprint density at radius 1 is 0.879 bits per heavy atom. The summed E-state index contributed by atoms with van der Waals surface area (Å²) in [6, 6.07) is 11.3. The average Bonchev–Trinajstić information content (AvgIpc) is 2.84. The maximum absolute atomic E-state index is 13.1. The molecule has 0 bridgehead atoms. The van der Waals surface area contributed by atoms with Gasteiger partial charge in [0.2, 0.25) is 0 Å². The first kappa shape index (κ1) is 23.6. The minimum absolute atomic E-state index is 0.188. The third kappa shape index (κ3) is 5.36. The van der Waals surface area contributed by atoms with E-state index in [-0.39, 0.29) is 11.8 Å². The van der Waals surface area contributed by atoms with Crippen molar-refractivity contribution in [2.24, 2.45) is 0 Å². The molecule has 2 aromatic rings. The number of imide groups is 1. The van der Waals surface area contributed by atoms with E-state index in [0.29, 0.717) is 24.2 Å². The van der Waals surface area contributed by atoms with E-state index in [1.54, 1.807) is 0 Å². The van der Waals surface area contributed by atoms with Crippen molar-refractivity contribution >= 4 is 39.9 Å². The third-order valence-electron chi connectivity index (χ3n) is 6.71. The van der Waals surface area contributed by atoms with E-state index >= 15 is 0 Å². The second-order valence-corrected chi connectivity index (χ2v) is 9.33. The Kier molecular flexibility index (Phi) is 7.93. The predicted molar refractivity (Wildman–Crippen MR) is 137 cm³/mol. The summed E-state index contributed by atoms with van der Waals surface area (Å²) in [4.78, 5) is 32.1. The summed E-state index contributed by atoms with van der Waals surface area (Å²) < 4.78 is 0. The van der Waals surface area contributed by atoms with Gasteiger partial charge in [-0.05, 0) is 36.2 Å². The molecule has 0 atom stereocenters. The number of carbonyl (C=O) groups is 2. The molecule has 2 aliphatic rings. The molecule has 0 aliphatic carbocycles. The van der Waals surface area contributed by atoms with E-state index in [1.807, 2.05) is 36.4 Å². The zero-order valence-corrected chi connectivity index (χ0v) is 20.3. The number of piperazine rings is 1. The van der Waals surface area contributed by atoms with Crippen LogP contribution in [0.1, 0.15) is 59.7 Å². The molecule has 4 rings (SSSR count). The molecule has 176 valence electrons. The fourth-order valence-corrected chi connectivity index (χ4v) is 5.02. The summed E-state index contributed by atoms with van der Waals surface area (Å²) in [5.41, 5.74) is 1.25. The van der Waals surface area contributed by atoms with Crippen LogP contribution in [-0.2, 0) is 0 Å². The number of rotatable bonds is 9. The van der Waals surface area contributed by atoms with Crippen LogP contribution in [0.5, 0.6) is 0 Å². The van der Waals surface area contributed by atoms with E-state index in [9.17, 15) is 9.59 Å². The lowest BCUT2D eigenvalue weighted by molar-refractivity contribution is 0.0583. The molecular weight excluding hydrogens is 432 g/mol. The van der Waals surface area contributed by atoms with Crippen molar-refractivity contribution in [3.63, 3.8) is 0 Å². The maximum atomic E-state index is 13.1. The molecule has 0 aromatic heterocycles. The number of hydrogen-bond donors (Lipinski definition) is 1. The Labute approximate surface area is 201 Å². The maximum Gasteiger partial charge on any atom is 0.261 e. The van der Waals surface area contributed by atoms with Crippen LogP contribution in [0.25, 0.3) is 10.8 Å². The number of nitrogens with one attached hydrogen (secondary N) is 1. The normalized spacial score (nSPS) is 16.5. The second-order valence-electron chi connectivity index (χ2n) is 8.95. The van der Waals surface area contributed by atoms with Gasteiger partial charge in [-0.2, -0.15) is 0 Å². The largest absolute Gasteiger partial charge is 0.363 e. The van der Waals surface area contributed by atoms with Crippen LogP contribution < -0.4 is 5.32 Å². The molecule has 2 heterocycles. The van der Waals surface area contributed by atoms with Gasteiger partial charge in [0.25, 0.3) is 11.8 Å². The molecule has 1 fully saturated rings. The van der Waals surface area contributed by atoms with Crippen LogP contribution >= 0.6 is 12.2 Å². The highest BCUT2D eigenvalue weighted by Gasteiger charge is 2.32. The molecule has 0 spiro atoms. The standard InChI is InChI=1S/C26H34N4O2S/c1-2-3-4-5-6-13-27-26(33)29-17-14-28(15-18-29)16-19-30-24(31)21-11-7-9-20-10-8-12-22(23(20)21)25(30)32/h7-12H,2-6,13-19H2,1H3,(H,27,33). The molecule has 2 aromatic carbocycles. The minimum atomic E-state index is -0.188. The van der Waals surface area contributed by atoms with Crippen LogP contribution in [0, 0.1) is 0 Å². The fraction of sp³-hybridized carbons (Fsp3) is 0.500. The van der Waals surface area contributed by atoms with Crippen molar-refractivity contribution in [1.82, 2.24) is 20.0 Å². The molecule has 2 amide bonds. The van der Waals surface area contributed by atoms with Gasteiger partial charge in [-0.15, -0.1) is 0 Å². The monoisotopic (exact) mass is 466 g/mol. The van der Waals surface area contributed by atoms with Crippen molar-refractivity contribution in [1.29, 1.82) is 0 Å². The number of nitrogens with zero attached hydrogens (tertiary/aromatic N) is 3. The van der Waals surface area contributed by atoms with E-state index < -0.39 is 0 Å². The van der Waals surface area contributed by atoms with Crippen molar-refractivity contribution in [2.75, 3.05) is 45.8 Å². The van der Waals surface area contributed by atoms with Gasteiger partial charge in [-0.25, -0.2) is 0 Å². The molecule has 1 N–H and O–H groups in total. The van der Waals surface area contributed by atoms with Gasteiger partial charge in [0.15, 0.2) is 5.11 Å². The summed E-state index contributed by atoms with van der Waals surface area (Å²) in [5.74, 6) is -0.375. The quantitative estimate of drug-likeness (QED) is 0.344. The van der Waals surface area contributed by atoms with Crippen LogP contribution in [0.2, 0.25) is 0 Å². The van der Waals surface area contributed by atoms with Gasteiger partial charge >= 0.3 is 0 Å². The van der Waals surface area contributed by atoms with Crippen molar-refractivity contribution < 1.29 is 9.59 Å². The molecule has 7 heteroatoms. The average molecular weight is 467 g/mol. The molecule has 1 saturated heterocycles. The SMILES string of the molecule is CCCCCCCNC(=S)N1CCN(CCN2C(=O)c3cccc4cccc(c34)C2=O)CC1. The van der Waals surface area contributed by atoms with Gasteiger partial charge in [0.05, 0.1) is 0 Å². The fourth-order valence-electron chi connectivity index (χ4n) is 4.74. The van der Waals surface area contributed by atoms with Crippen LogP contribution in [0.3, 0.4) is 0 Å². The van der Waals surface area contributed by atoms with E-state index in [0.717, 1.165) is 55.0 Å². The Bertz CT molecular complexity index is 966. The molecular formula is C26H34N4O2S. The molecule has 33 heavy (non-hydrogen) atoms. The second kappa shape index (κ2) is 11.1. The Morgan fingerprint density at radius 3 is 2.15 bits per heavy atom. The molecule has 0 saturated carbocycles. The summed E-state index contributed by atoms with van der Waals surface area (Å²) in [7, 11) is 0. The van der Waals surface area contributed by atoms with Crippen LogP contribution in [-0.4, -0.2) is 77.4 Å². The van der Waals surface area contributed by atoms with Crippen molar-refractivity contribution in [2.45, 2.75) is 39.0 Å². The van der Waals surface area contributed by atoms with Crippen molar-refractivity contribution in [3.05, 3.63) is 47.5 Å². The first-order chi connectivity index (χ1) is 16.1. The lowest BCUT2D eigenvalue weighted by Crippen LogP contribution is -2.53. The lowest BCUT2D eigenvalue weighted by Gasteiger charge is -2.37. The number of carbonyl (C=O) groups excluding carboxylic acids is 2. The minimum Gasteiger partial charge on any atom is -0.363 e. The summed E-state index contributed by atoms with van der Waals surface area (Å²) in [5, 5.41) is 5.96. The highest BCUT2D eigenvalue weighted by atomic mass is 32.1. The highest BCUT2D eigenvalue weighted by molar-refractivity contribution is 7.80. The summed E-state index contributed by atoms with van der Waals surface area (Å²) in [6.07, 6.45) is 6.29. The third-order valence-corrected chi connectivity index (χ3v) is 7.11. The zero-order valence-electron chi connectivity index (χ0n) is 19.5. The lowest BCUT2D eigenvalue weighted by atomic mass is 9.94. The first-order valence-electron chi connectivity index (χ1n) is 12.2. The van der Waals surface area contributed by atoms with Crippen LogP contribution in [0.15, 0.2) is 36.4 Å². The van der Waals surface area contributed by atoms with E-state index in [1.165, 1.54) is 30.6 Å². The molecule has 0 radical (unpaired) electrons. The Morgan fingerprint density at radius 2 is 1.52 bits per heavy atom. The number of benzene rings is 2. The van der Waals surface area contributed by atoms with Gasteiger partial charge in [0.1, 0.15) is 0 Å². The number of unbranched alkanes of at least 4 members (excludes halogenated alkanes) is 4. The van der Waals surface area contributed by atoms with E-state index in [4.69, 9.17) is 12.2 Å². The molecule has 2 aliphatic heterocycles. The van der Waals surface area contributed by atoms with Gasteiger partial charge in [0, 0.05) is 62.3 Å². The summed E-state index contributed by atoms with van der Waals surface area (Å²) >= 11 is 5.58. The first-order valence-corrected chi connectivity index (χ1v) is 12.6. The Balaban J connectivity index is 1.24. The number of hydrogen-bond acceptors (Lipinski definition) is 4. The van der Waals surface area contributed by atoms with Crippen molar-refractivity contribution in [3.8, 4) is 0 Å². The predicted octanol–water partition coefficient (Wildman–Crippen LogP) is 3.90. The van der Waals surface area contributed by atoms with Gasteiger partial charge in [-0.1, -0.05) is 56.9 Å². The zero-order chi connectivity index (χ0) is 23.2. The van der Waals surface area contributed by atoms with Crippen LogP contribution in [0.4, 0.5) is 0 Å². The number of amides is 2. The smallest absolute Gasteiger partial charge is 0.261 e. The molecule has 0 unspecified atom stereocenters.